The van der Waals surface area contributed by atoms with Gasteiger partial charge in [0.05, 0.1) is 30.0 Å². The van der Waals surface area contributed by atoms with Crippen molar-refractivity contribution in [1.82, 2.24) is 15.1 Å². The number of hydrogen-bond acceptors (Lipinski definition) is 7. The first-order valence-corrected chi connectivity index (χ1v) is 9.49. The van der Waals surface area contributed by atoms with E-state index in [4.69, 9.17) is 21.0 Å². The number of nitrogens with zero attached hydrogens (tertiary/aromatic N) is 4. The van der Waals surface area contributed by atoms with E-state index < -0.39 is 23.8 Å². The van der Waals surface area contributed by atoms with Crippen LogP contribution >= 0.6 is 0 Å². The van der Waals surface area contributed by atoms with E-state index in [0.29, 0.717) is 26.2 Å². The molecule has 10 heteroatoms. The normalized spacial score (nSPS) is 18.5. The molecular weight excluding hydrogens is 376 g/mol. The number of hydrogen-bond donors (Lipinski definition) is 2. The molecule has 3 N–H and O–H groups in total. The maximum Gasteiger partial charge on any atom is 0.408 e. The van der Waals surface area contributed by atoms with Crippen LogP contribution in [0, 0.1) is 34.5 Å². The Morgan fingerprint density at radius 1 is 1.00 bits per heavy atom. The number of nitrogens with one attached hydrogen (secondary N) is 1. The predicted molar refractivity (Wildman–Crippen MR) is 104 cm³/mol. The highest BCUT2D eigenvalue weighted by Gasteiger charge is 2.34. The summed E-state index contributed by atoms with van der Waals surface area (Å²) in [5.41, 5.74) is 4.77. The van der Waals surface area contributed by atoms with Crippen molar-refractivity contribution in [2.45, 2.75) is 52.3 Å². The van der Waals surface area contributed by atoms with E-state index in [1.54, 1.807) is 44.4 Å². The average molecular weight is 406 g/mol. The van der Waals surface area contributed by atoms with Gasteiger partial charge < -0.3 is 25.6 Å². The zero-order valence-corrected chi connectivity index (χ0v) is 17.6. The fourth-order valence-corrected chi connectivity index (χ4v) is 2.59. The Morgan fingerprint density at radius 3 is 1.76 bits per heavy atom. The molecular formula is C19H30N6O4. The number of nitriles is 2. The van der Waals surface area contributed by atoms with Crippen molar-refractivity contribution in [2.24, 2.45) is 17.6 Å². The highest BCUT2D eigenvalue weighted by atomic mass is 16.6. The number of carbonyl (C=O) groups is 3. The van der Waals surface area contributed by atoms with Crippen LogP contribution in [0.15, 0.2) is 0 Å². The van der Waals surface area contributed by atoms with E-state index in [2.05, 4.69) is 17.5 Å². The second kappa shape index (κ2) is 10.1. The first-order chi connectivity index (χ1) is 13.4. The van der Waals surface area contributed by atoms with Gasteiger partial charge in [-0.1, -0.05) is 0 Å². The lowest BCUT2D eigenvalue weighted by Gasteiger charge is -2.37. The average Bonchev–Trinajstić information content (AvgIpc) is 2.51. The standard InChI is InChI=1S/C12H19N3O3.C7H11N3O/c1-8(14-11(17)18-12(2,3)4)10(16)15-6-9(5-13)7-15;1-5(9)7(11)10-3-6(2-8)4-10/h8-9H,6-7H2,1-4H3,(H,14,17);5-6H,3-4,9H2,1H3/t8-;5-/m11/s1. The molecule has 160 valence electrons. The summed E-state index contributed by atoms with van der Waals surface area (Å²) in [5.74, 6) is -0.302. The van der Waals surface area contributed by atoms with Gasteiger partial charge in [-0.25, -0.2) is 4.79 Å². The third-order valence-electron chi connectivity index (χ3n) is 4.24. The van der Waals surface area contributed by atoms with Gasteiger partial charge in [0.15, 0.2) is 0 Å². The van der Waals surface area contributed by atoms with Crippen molar-refractivity contribution >= 4 is 17.9 Å². The fourth-order valence-electron chi connectivity index (χ4n) is 2.59. The number of nitrogens with two attached hydrogens (primary N) is 1. The zero-order chi connectivity index (χ0) is 22.4. The second-order valence-corrected chi connectivity index (χ2v) is 8.30. The molecule has 29 heavy (non-hydrogen) atoms. The summed E-state index contributed by atoms with van der Waals surface area (Å²) in [6, 6.07) is 3.11. The van der Waals surface area contributed by atoms with Crippen molar-refractivity contribution in [2.75, 3.05) is 26.2 Å². The number of carbonyl (C=O) groups excluding carboxylic acids is 3. The number of likely N-dealkylation sites (tertiary alicyclic amines) is 2. The third-order valence-corrected chi connectivity index (χ3v) is 4.24. The molecule has 0 bridgehead atoms. The molecule has 2 rings (SSSR count). The summed E-state index contributed by atoms with van der Waals surface area (Å²) in [6.07, 6.45) is -0.610. The SMILES string of the molecule is C[C@@H](N)C(=O)N1CC(C#N)C1.C[C@@H](NC(=O)OC(C)(C)C)C(=O)N1CC(C#N)C1. The van der Waals surface area contributed by atoms with Crippen molar-refractivity contribution < 1.29 is 19.1 Å². The Morgan fingerprint density at radius 2 is 1.41 bits per heavy atom. The molecule has 10 nitrogen and oxygen atoms in total. The van der Waals surface area contributed by atoms with Crippen LogP contribution < -0.4 is 11.1 Å². The van der Waals surface area contributed by atoms with E-state index >= 15 is 0 Å². The van der Waals surface area contributed by atoms with Crippen molar-refractivity contribution in [3.8, 4) is 12.1 Å². The third kappa shape index (κ3) is 7.59. The lowest BCUT2D eigenvalue weighted by Crippen LogP contribution is -2.56. The second-order valence-electron chi connectivity index (χ2n) is 8.30. The van der Waals surface area contributed by atoms with E-state index in [-0.39, 0.29) is 23.7 Å². The van der Waals surface area contributed by atoms with Crippen LogP contribution in [-0.4, -0.2) is 71.6 Å². The molecule has 2 aliphatic rings. The maximum absolute atomic E-state index is 11.8. The van der Waals surface area contributed by atoms with Crippen LogP contribution in [0.2, 0.25) is 0 Å². The minimum Gasteiger partial charge on any atom is -0.444 e. The summed E-state index contributed by atoms with van der Waals surface area (Å²) in [4.78, 5) is 37.5. The quantitative estimate of drug-likeness (QED) is 0.678. The van der Waals surface area contributed by atoms with Crippen molar-refractivity contribution in [3.05, 3.63) is 0 Å². The van der Waals surface area contributed by atoms with Crippen LogP contribution in [0.1, 0.15) is 34.6 Å². The van der Waals surface area contributed by atoms with Gasteiger partial charge in [-0.2, -0.15) is 10.5 Å². The summed E-state index contributed by atoms with van der Waals surface area (Å²) in [5, 5.41) is 19.5. The molecule has 0 aromatic carbocycles. The molecule has 3 amide bonds. The molecule has 2 fully saturated rings. The Kier molecular flexibility index (Phi) is 8.41. The highest BCUT2D eigenvalue weighted by molar-refractivity contribution is 5.86. The Balaban J connectivity index is 0.000000326. The van der Waals surface area contributed by atoms with Crippen molar-refractivity contribution in [1.29, 1.82) is 10.5 Å². The van der Waals surface area contributed by atoms with Crippen LogP contribution in [0.4, 0.5) is 4.79 Å². The molecule has 0 aromatic heterocycles. The van der Waals surface area contributed by atoms with Crippen molar-refractivity contribution in [3.63, 3.8) is 0 Å². The topological polar surface area (TPSA) is 153 Å². The molecule has 0 unspecified atom stereocenters. The minimum absolute atomic E-state index is 0.0256. The van der Waals surface area contributed by atoms with Gasteiger partial charge in [-0.05, 0) is 34.6 Å². The first-order valence-electron chi connectivity index (χ1n) is 9.49. The summed E-state index contributed by atoms with van der Waals surface area (Å²) in [7, 11) is 0. The van der Waals surface area contributed by atoms with Gasteiger partial charge >= 0.3 is 6.09 Å². The van der Waals surface area contributed by atoms with Gasteiger partial charge in [0.2, 0.25) is 11.8 Å². The summed E-state index contributed by atoms with van der Waals surface area (Å²) >= 11 is 0. The molecule has 0 saturated carbocycles. The predicted octanol–water partition coefficient (Wildman–Crippen LogP) is 0.197. The van der Waals surface area contributed by atoms with E-state index in [1.165, 1.54) is 0 Å². The Labute approximate surface area is 171 Å². The highest BCUT2D eigenvalue weighted by Crippen LogP contribution is 2.16. The molecule has 2 aliphatic heterocycles. The van der Waals surface area contributed by atoms with Crippen LogP contribution in [0.25, 0.3) is 0 Å². The number of ether oxygens (including phenoxy) is 1. The molecule has 2 atom stereocenters. The molecule has 0 aromatic rings. The van der Waals surface area contributed by atoms with E-state index in [1.807, 2.05) is 0 Å². The molecule has 0 spiro atoms. The molecule has 0 aliphatic carbocycles. The van der Waals surface area contributed by atoms with Gasteiger partial charge in [-0.15, -0.1) is 0 Å². The summed E-state index contributed by atoms with van der Waals surface area (Å²) < 4.78 is 5.06. The van der Waals surface area contributed by atoms with E-state index in [0.717, 1.165) is 0 Å². The van der Waals surface area contributed by atoms with Gasteiger partial charge in [0.1, 0.15) is 11.6 Å². The number of rotatable bonds is 3. The van der Waals surface area contributed by atoms with Crippen LogP contribution in [-0.2, 0) is 14.3 Å². The first kappa shape index (κ1) is 24.2. The van der Waals surface area contributed by atoms with Gasteiger partial charge in [0, 0.05) is 26.2 Å². The largest absolute Gasteiger partial charge is 0.444 e. The van der Waals surface area contributed by atoms with Crippen LogP contribution in [0.3, 0.4) is 0 Å². The monoisotopic (exact) mass is 406 g/mol. The molecule has 2 heterocycles. The Bertz CT molecular complexity index is 691. The number of amides is 3. The lowest BCUT2D eigenvalue weighted by molar-refractivity contribution is -0.138. The van der Waals surface area contributed by atoms with Gasteiger partial charge in [0.25, 0.3) is 0 Å². The minimum atomic E-state index is -0.639. The maximum atomic E-state index is 11.8. The van der Waals surface area contributed by atoms with E-state index in [9.17, 15) is 14.4 Å². The number of alkyl carbamates (subject to hydrolysis) is 1. The molecule has 0 radical (unpaired) electrons. The van der Waals surface area contributed by atoms with Gasteiger partial charge in [-0.3, -0.25) is 9.59 Å². The van der Waals surface area contributed by atoms with Crippen LogP contribution in [0.5, 0.6) is 0 Å². The summed E-state index contributed by atoms with van der Waals surface area (Å²) in [6.45, 7) is 10.5. The fraction of sp³-hybridized carbons (Fsp3) is 0.737. The Hall–Kier alpha value is -2.85. The molecule has 2 saturated heterocycles. The lowest BCUT2D eigenvalue weighted by atomic mass is 10.0. The zero-order valence-electron chi connectivity index (χ0n) is 17.6. The smallest absolute Gasteiger partial charge is 0.408 e.